The van der Waals surface area contributed by atoms with E-state index in [2.05, 4.69) is 54.2 Å². The second-order valence-corrected chi connectivity index (χ2v) is 6.24. The van der Waals surface area contributed by atoms with Gasteiger partial charge in [-0.2, -0.15) is 5.10 Å². The minimum atomic E-state index is 0.389. The van der Waals surface area contributed by atoms with E-state index < -0.39 is 0 Å². The van der Waals surface area contributed by atoms with Crippen molar-refractivity contribution < 1.29 is 0 Å². The fourth-order valence-corrected chi connectivity index (χ4v) is 2.94. The molecule has 0 aliphatic carbocycles. The second kappa shape index (κ2) is 6.67. The van der Waals surface area contributed by atoms with Crippen LogP contribution >= 0.6 is 11.6 Å². The third-order valence-corrected chi connectivity index (χ3v) is 4.31. The van der Waals surface area contributed by atoms with Crippen molar-refractivity contribution in [3.63, 3.8) is 0 Å². The van der Waals surface area contributed by atoms with Crippen LogP contribution in [0.1, 0.15) is 43.8 Å². The number of hydrogen-bond acceptors (Lipinski definition) is 2. The zero-order chi connectivity index (χ0) is 15.6. The molecule has 0 amide bonds. The molecule has 2 heterocycles. The highest BCUT2D eigenvalue weighted by atomic mass is 35.5. The minimum Gasteiger partial charge on any atom is -0.348 e. The van der Waals surface area contributed by atoms with Gasteiger partial charge in [-0.05, 0) is 31.0 Å². The van der Waals surface area contributed by atoms with Gasteiger partial charge in [0.2, 0.25) is 0 Å². The summed E-state index contributed by atoms with van der Waals surface area (Å²) in [6.07, 6.45) is 4.31. The lowest BCUT2D eigenvalue weighted by Gasteiger charge is -2.20. The van der Waals surface area contributed by atoms with Crippen LogP contribution in [0.25, 0.3) is 0 Å². The molecular weight excluding hydrogens is 284 g/mol. The van der Waals surface area contributed by atoms with E-state index in [1.54, 1.807) is 0 Å². The lowest BCUT2D eigenvalue weighted by Crippen LogP contribution is -2.25. The number of nitrogens with one attached hydrogen (secondary N) is 1. The zero-order valence-electron chi connectivity index (χ0n) is 13.5. The highest BCUT2D eigenvalue weighted by Crippen LogP contribution is 2.24. The van der Waals surface area contributed by atoms with Gasteiger partial charge in [-0.15, -0.1) is 0 Å². The van der Waals surface area contributed by atoms with Crippen molar-refractivity contribution in [2.24, 2.45) is 13.0 Å². The number of aryl methyl sites for hydroxylation is 2. The van der Waals surface area contributed by atoms with Crippen LogP contribution in [0.5, 0.6) is 0 Å². The molecule has 21 heavy (non-hydrogen) atoms. The molecule has 116 valence electrons. The van der Waals surface area contributed by atoms with E-state index in [0.717, 1.165) is 29.5 Å². The maximum atomic E-state index is 6.32. The third kappa shape index (κ3) is 3.50. The molecular formula is C16H25ClN4. The van der Waals surface area contributed by atoms with Crippen LogP contribution in [-0.2, 0) is 13.6 Å². The molecule has 1 unspecified atom stereocenters. The summed E-state index contributed by atoms with van der Waals surface area (Å²) in [5.41, 5.74) is 3.25. The molecule has 1 atom stereocenters. The van der Waals surface area contributed by atoms with Gasteiger partial charge in [0, 0.05) is 25.5 Å². The summed E-state index contributed by atoms with van der Waals surface area (Å²) in [7, 11) is 1.94. The van der Waals surface area contributed by atoms with Gasteiger partial charge in [0.1, 0.15) is 0 Å². The van der Waals surface area contributed by atoms with Gasteiger partial charge in [-0.25, -0.2) is 0 Å². The molecule has 0 saturated carbocycles. The average Bonchev–Trinajstić information content (AvgIpc) is 2.97. The molecule has 1 N–H and O–H groups in total. The Labute approximate surface area is 132 Å². The Kier molecular flexibility index (Phi) is 5.12. The molecule has 0 aliphatic heterocycles. The van der Waals surface area contributed by atoms with Crippen LogP contribution in [0, 0.1) is 12.8 Å². The summed E-state index contributed by atoms with van der Waals surface area (Å²) in [4.78, 5) is 0. The van der Waals surface area contributed by atoms with Gasteiger partial charge in [0.25, 0.3) is 0 Å². The van der Waals surface area contributed by atoms with Crippen molar-refractivity contribution in [3.05, 3.63) is 40.4 Å². The van der Waals surface area contributed by atoms with E-state index in [-0.39, 0.29) is 0 Å². The molecule has 0 aliphatic rings. The summed E-state index contributed by atoms with van der Waals surface area (Å²) in [6, 6.07) is 2.57. The van der Waals surface area contributed by atoms with Gasteiger partial charge in [-0.3, -0.25) is 4.68 Å². The molecule has 0 fully saturated rings. The van der Waals surface area contributed by atoms with E-state index >= 15 is 0 Å². The fourth-order valence-electron chi connectivity index (χ4n) is 2.72. The molecule has 0 radical (unpaired) electrons. The number of nitrogens with zero attached hydrogens (tertiary/aromatic N) is 3. The van der Waals surface area contributed by atoms with Crippen LogP contribution in [0.15, 0.2) is 18.5 Å². The van der Waals surface area contributed by atoms with Crippen LogP contribution in [0.4, 0.5) is 0 Å². The Bertz CT molecular complexity index is 597. The largest absolute Gasteiger partial charge is 0.348 e. The molecule has 0 bridgehead atoms. The Morgan fingerprint density at radius 3 is 2.62 bits per heavy atom. The Morgan fingerprint density at radius 2 is 2.10 bits per heavy atom. The van der Waals surface area contributed by atoms with Gasteiger partial charge in [0.15, 0.2) is 0 Å². The fraction of sp³-hybridized carbons (Fsp3) is 0.562. The first-order chi connectivity index (χ1) is 9.93. The van der Waals surface area contributed by atoms with Crippen LogP contribution in [-0.4, -0.2) is 20.9 Å². The highest BCUT2D eigenvalue weighted by Gasteiger charge is 2.16. The van der Waals surface area contributed by atoms with Crippen LogP contribution in [0.3, 0.4) is 0 Å². The number of aromatic nitrogens is 3. The SMILES string of the molecule is CCNC(c1ccn(Cc2c(Cl)c(C)nn2C)c1)C(C)C. The Morgan fingerprint density at radius 1 is 1.38 bits per heavy atom. The summed E-state index contributed by atoms with van der Waals surface area (Å²) in [6.45, 7) is 10.3. The van der Waals surface area contributed by atoms with Crippen molar-refractivity contribution in [2.45, 2.75) is 40.3 Å². The standard InChI is InChI=1S/C16H25ClN4/c1-6-18-16(11(2)3)13-7-8-21(9-13)10-14-15(17)12(4)19-20(14)5/h7-9,11,16,18H,6,10H2,1-5H3. The Hall–Kier alpha value is -1.26. The predicted molar refractivity (Wildman–Crippen MR) is 87.7 cm³/mol. The molecule has 4 nitrogen and oxygen atoms in total. The number of halogens is 1. The monoisotopic (exact) mass is 308 g/mol. The van der Waals surface area contributed by atoms with E-state index in [9.17, 15) is 0 Å². The molecule has 0 spiro atoms. The summed E-state index contributed by atoms with van der Waals surface area (Å²) in [5, 5.41) is 8.67. The third-order valence-electron chi connectivity index (χ3n) is 3.82. The first-order valence-electron chi connectivity index (χ1n) is 7.51. The van der Waals surface area contributed by atoms with Gasteiger partial charge in [-0.1, -0.05) is 32.4 Å². The smallest absolute Gasteiger partial charge is 0.0865 e. The highest BCUT2D eigenvalue weighted by molar-refractivity contribution is 6.31. The zero-order valence-corrected chi connectivity index (χ0v) is 14.3. The van der Waals surface area contributed by atoms with Gasteiger partial charge < -0.3 is 9.88 Å². The van der Waals surface area contributed by atoms with E-state index in [1.807, 2.05) is 18.7 Å². The van der Waals surface area contributed by atoms with Crippen molar-refractivity contribution in [2.75, 3.05) is 6.54 Å². The molecule has 0 aromatic carbocycles. The van der Waals surface area contributed by atoms with Crippen molar-refractivity contribution in [1.29, 1.82) is 0 Å². The molecule has 0 saturated heterocycles. The molecule has 2 aromatic heterocycles. The maximum absolute atomic E-state index is 6.32. The number of hydrogen-bond donors (Lipinski definition) is 1. The summed E-state index contributed by atoms with van der Waals surface area (Å²) >= 11 is 6.32. The predicted octanol–water partition coefficient (Wildman–Crippen LogP) is 3.54. The van der Waals surface area contributed by atoms with Crippen molar-refractivity contribution >= 4 is 11.6 Å². The quantitative estimate of drug-likeness (QED) is 0.886. The van der Waals surface area contributed by atoms with E-state index in [4.69, 9.17) is 11.6 Å². The van der Waals surface area contributed by atoms with E-state index in [0.29, 0.717) is 12.0 Å². The maximum Gasteiger partial charge on any atom is 0.0865 e. The second-order valence-electron chi connectivity index (χ2n) is 5.87. The summed E-state index contributed by atoms with van der Waals surface area (Å²) in [5.74, 6) is 0.559. The first-order valence-corrected chi connectivity index (χ1v) is 7.88. The van der Waals surface area contributed by atoms with E-state index in [1.165, 1.54) is 5.56 Å². The normalized spacial score (nSPS) is 13.1. The van der Waals surface area contributed by atoms with Crippen molar-refractivity contribution in [1.82, 2.24) is 19.7 Å². The first kappa shape index (κ1) is 16.1. The molecule has 2 rings (SSSR count). The molecule has 5 heteroatoms. The van der Waals surface area contributed by atoms with Crippen molar-refractivity contribution in [3.8, 4) is 0 Å². The molecule has 2 aromatic rings. The average molecular weight is 309 g/mol. The topological polar surface area (TPSA) is 34.8 Å². The summed E-state index contributed by atoms with van der Waals surface area (Å²) < 4.78 is 4.03. The number of rotatable bonds is 6. The van der Waals surface area contributed by atoms with Crippen LogP contribution < -0.4 is 5.32 Å². The minimum absolute atomic E-state index is 0.389. The van der Waals surface area contributed by atoms with Gasteiger partial charge in [0.05, 0.1) is 23.0 Å². The Balaban J connectivity index is 2.20. The lowest BCUT2D eigenvalue weighted by molar-refractivity contribution is 0.421. The van der Waals surface area contributed by atoms with Gasteiger partial charge >= 0.3 is 0 Å². The van der Waals surface area contributed by atoms with Crippen LogP contribution in [0.2, 0.25) is 5.02 Å². The lowest BCUT2D eigenvalue weighted by atomic mass is 9.98.